The first kappa shape index (κ1) is 18.6. The highest BCUT2D eigenvalue weighted by atomic mass is 32.2. The minimum absolute atomic E-state index is 0.0825. The molecular formula is C22H30N2O3S. The highest BCUT2D eigenvalue weighted by molar-refractivity contribution is 7.89. The molecule has 28 heavy (non-hydrogen) atoms. The molecule has 5 aliphatic rings. The Bertz CT molecular complexity index is 821. The zero-order valence-electron chi connectivity index (χ0n) is 16.4. The molecule has 1 N–H and O–H groups in total. The average Bonchev–Trinajstić information content (AvgIpc) is 3.21. The first-order valence-corrected chi connectivity index (χ1v) is 12.3. The van der Waals surface area contributed by atoms with Crippen molar-refractivity contribution < 1.29 is 13.2 Å². The molecule has 6 heteroatoms. The highest BCUT2D eigenvalue weighted by Gasteiger charge is 2.50. The number of rotatable bonds is 5. The van der Waals surface area contributed by atoms with E-state index in [1.165, 1.54) is 42.8 Å². The minimum Gasteiger partial charge on any atom is -0.351 e. The summed E-state index contributed by atoms with van der Waals surface area (Å²) in [5.74, 6) is 2.54. The van der Waals surface area contributed by atoms with Crippen LogP contribution in [0.25, 0.3) is 0 Å². The molecule has 1 aliphatic heterocycles. The summed E-state index contributed by atoms with van der Waals surface area (Å²) in [5.41, 5.74) is 0.855. The highest BCUT2D eigenvalue weighted by Crippen LogP contribution is 2.59. The topological polar surface area (TPSA) is 66.5 Å². The van der Waals surface area contributed by atoms with Gasteiger partial charge in [-0.1, -0.05) is 0 Å². The van der Waals surface area contributed by atoms with Crippen LogP contribution in [0, 0.1) is 23.2 Å². The summed E-state index contributed by atoms with van der Waals surface area (Å²) in [6, 6.07) is 6.45. The number of nitrogens with zero attached hydrogens (tertiary/aromatic N) is 1. The lowest BCUT2D eigenvalue weighted by Crippen LogP contribution is -2.51. The molecule has 0 unspecified atom stereocenters. The van der Waals surface area contributed by atoms with Crippen molar-refractivity contribution in [3.63, 3.8) is 0 Å². The number of hydrogen-bond acceptors (Lipinski definition) is 3. The fourth-order valence-corrected chi connectivity index (χ4v) is 8.25. The summed E-state index contributed by atoms with van der Waals surface area (Å²) in [5, 5.41) is 3.17. The number of carbonyl (C=O) groups is 1. The molecule has 1 saturated heterocycles. The predicted octanol–water partition coefficient (Wildman–Crippen LogP) is 3.42. The fourth-order valence-electron chi connectivity index (χ4n) is 6.73. The van der Waals surface area contributed by atoms with Crippen LogP contribution in [0.4, 0.5) is 0 Å². The van der Waals surface area contributed by atoms with Crippen LogP contribution in [0.15, 0.2) is 29.2 Å². The smallest absolute Gasteiger partial charge is 0.251 e. The van der Waals surface area contributed by atoms with Gasteiger partial charge in [0.15, 0.2) is 0 Å². The molecular weight excluding hydrogens is 372 g/mol. The SMILES string of the molecule is O=C(NCC12CC3CC(CC(C3)C1)C2)c1ccc(S(=O)(=O)N2CCCC2)cc1. The van der Waals surface area contributed by atoms with Crippen molar-refractivity contribution in [1.29, 1.82) is 0 Å². The Hall–Kier alpha value is -1.40. The van der Waals surface area contributed by atoms with Gasteiger partial charge in [-0.3, -0.25) is 4.79 Å². The van der Waals surface area contributed by atoms with Crippen molar-refractivity contribution >= 4 is 15.9 Å². The second-order valence-electron chi connectivity index (χ2n) is 9.74. The van der Waals surface area contributed by atoms with Crippen molar-refractivity contribution in [1.82, 2.24) is 9.62 Å². The maximum atomic E-state index is 12.7. The van der Waals surface area contributed by atoms with Gasteiger partial charge in [-0.15, -0.1) is 0 Å². The van der Waals surface area contributed by atoms with Crippen molar-refractivity contribution in [2.45, 2.75) is 56.3 Å². The predicted molar refractivity (Wildman–Crippen MR) is 107 cm³/mol. The number of hydrogen-bond donors (Lipinski definition) is 1. The van der Waals surface area contributed by atoms with Crippen molar-refractivity contribution in [3.05, 3.63) is 29.8 Å². The number of nitrogens with one attached hydrogen (secondary N) is 1. The van der Waals surface area contributed by atoms with Gasteiger partial charge in [-0.2, -0.15) is 4.31 Å². The van der Waals surface area contributed by atoms with E-state index in [4.69, 9.17) is 0 Å². The molecule has 6 rings (SSSR count). The maximum absolute atomic E-state index is 12.7. The van der Waals surface area contributed by atoms with Crippen LogP contribution in [0.2, 0.25) is 0 Å². The standard InChI is InChI=1S/C22H30N2O3S/c25-21(23-15-22-12-16-9-17(13-22)11-18(10-16)14-22)19-3-5-20(6-4-19)28(26,27)24-7-1-2-8-24/h3-6,16-18H,1-2,7-15H2,(H,23,25). The number of amides is 1. The van der Waals surface area contributed by atoms with E-state index in [1.54, 1.807) is 24.3 Å². The van der Waals surface area contributed by atoms with Crippen LogP contribution < -0.4 is 5.32 Å². The van der Waals surface area contributed by atoms with Crippen LogP contribution in [-0.4, -0.2) is 38.3 Å². The summed E-state index contributed by atoms with van der Waals surface area (Å²) in [7, 11) is -3.42. The van der Waals surface area contributed by atoms with Gasteiger partial charge >= 0.3 is 0 Å². The molecule has 1 heterocycles. The molecule has 0 aromatic heterocycles. The van der Waals surface area contributed by atoms with Gasteiger partial charge in [0, 0.05) is 25.2 Å². The Morgan fingerprint density at radius 3 is 2.04 bits per heavy atom. The summed E-state index contributed by atoms with van der Waals surface area (Å²) < 4.78 is 26.8. The van der Waals surface area contributed by atoms with Crippen molar-refractivity contribution in [3.8, 4) is 0 Å². The van der Waals surface area contributed by atoms with Gasteiger partial charge in [-0.05, 0) is 98.8 Å². The molecule has 0 spiro atoms. The molecule has 152 valence electrons. The summed E-state index contributed by atoms with van der Waals surface area (Å²) in [6.07, 6.45) is 9.86. The van der Waals surface area contributed by atoms with Crippen LogP contribution in [0.1, 0.15) is 61.7 Å². The molecule has 4 bridgehead atoms. The van der Waals surface area contributed by atoms with Crippen molar-refractivity contribution in [2.24, 2.45) is 23.2 Å². The molecule has 0 atom stereocenters. The minimum atomic E-state index is -3.42. The fraction of sp³-hybridized carbons (Fsp3) is 0.682. The number of benzene rings is 1. The normalized spacial score (nSPS) is 34.6. The van der Waals surface area contributed by atoms with Gasteiger partial charge < -0.3 is 5.32 Å². The van der Waals surface area contributed by atoms with E-state index in [0.29, 0.717) is 24.1 Å². The lowest BCUT2D eigenvalue weighted by Gasteiger charge is -2.56. The molecule has 4 aliphatic carbocycles. The van der Waals surface area contributed by atoms with Gasteiger partial charge in [-0.25, -0.2) is 8.42 Å². The molecule has 1 amide bonds. The quantitative estimate of drug-likeness (QED) is 0.821. The summed E-state index contributed by atoms with van der Waals surface area (Å²) in [6.45, 7) is 1.95. The second kappa shape index (κ2) is 6.84. The Morgan fingerprint density at radius 2 is 1.50 bits per heavy atom. The molecule has 5 nitrogen and oxygen atoms in total. The van der Waals surface area contributed by atoms with Crippen LogP contribution in [0.3, 0.4) is 0 Å². The van der Waals surface area contributed by atoms with E-state index in [9.17, 15) is 13.2 Å². The third-order valence-corrected chi connectivity index (χ3v) is 9.52. The van der Waals surface area contributed by atoms with E-state index in [-0.39, 0.29) is 10.8 Å². The lowest BCUT2D eigenvalue weighted by molar-refractivity contribution is -0.0503. The second-order valence-corrected chi connectivity index (χ2v) is 11.7. The van der Waals surface area contributed by atoms with Crippen LogP contribution in [-0.2, 0) is 10.0 Å². The van der Waals surface area contributed by atoms with E-state index < -0.39 is 10.0 Å². The molecule has 4 saturated carbocycles. The van der Waals surface area contributed by atoms with Gasteiger partial charge in [0.2, 0.25) is 10.0 Å². The maximum Gasteiger partial charge on any atom is 0.251 e. The van der Waals surface area contributed by atoms with E-state index in [0.717, 1.165) is 37.1 Å². The van der Waals surface area contributed by atoms with Gasteiger partial charge in [0.1, 0.15) is 0 Å². The molecule has 0 radical (unpaired) electrons. The van der Waals surface area contributed by atoms with Crippen LogP contribution in [0.5, 0.6) is 0 Å². The van der Waals surface area contributed by atoms with Crippen LogP contribution >= 0.6 is 0 Å². The summed E-state index contributed by atoms with van der Waals surface area (Å²) >= 11 is 0. The number of carbonyl (C=O) groups excluding carboxylic acids is 1. The molecule has 5 fully saturated rings. The third kappa shape index (κ3) is 3.28. The Morgan fingerprint density at radius 1 is 0.964 bits per heavy atom. The molecule has 1 aromatic carbocycles. The Balaban J connectivity index is 1.24. The summed E-state index contributed by atoms with van der Waals surface area (Å²) in [4.78, 5) is 13.0. The third-order valence-electron chi connectivity index (χ3n) is 7.61. The zero-order chi connectivity index (χ0) is 19.4. The van der Waals surface area contributed by atoms with E-state index in [1.807, 2.05) is 0 Å². The largest absolute Gasteiger partial charge is 0.351 e. The molecule has 1 aromatic rings. The van der Waals surface area contributed by atoms with Crippen molar-refractivity contribution in [2.75, 3.05) is 19.6 Å². The monoisotopic (exact) mass is 402 g/mol. The lowest BCUT2D eigenvalue weighted by atomic mass is 9.49. The van der Waals surface area contributed by atoms with E-state index >= 15 is 0 Å². The first-order chi connectivity index (χ1) is 13.4. The Labute approximate surface area is 167 Å². The average molecular weight is 403 g/mol. The first-order valence-electron chi connectivity index (χ1n) is 10.8. The van der Waals surface area contributed by atoms with Gasteiger partial charge in [0.05, 0.1) is 4.90 Å². The van der Waals surface area contributed by atoms with Gasteiger partial charge in [0.25, 0.3) is 5.91 Å². The van der Waals surface area contributed by atoms with E-state index in [2.05, 4.69) is 5.32 Å². The Kier molecular flexibility index (Phi) is 4.55. The zero-order valence-corrected chi connectivity index (χ0v) is 17.2. The number of sulfonamides is 1.